The summed E-state index contributed by atoms with van der Waals surface area (Å²) in [7, 11) is 0. The number of benzene rings is 2. The molecule has 4 nitrogen and oxygen atoms in total. The van der Waals surface area contributed by atoms with Gasteiger partial charge in [-0.1, -0.05) is 34.1 Å². The van der Waals surface area contributed by atoms with E-state index in [1.807, 2.05) is 24.3 Å². The van der Waals surface area contributed by atoms with Crippen LogP contribution in [0.25, 0.3) is 0 Å². The number of para-hydroxylation sites is 1. The highest BCUT2D eigenvalue weighted by molar-refractivity contribution is 9.10. The molecule has 0 bridgehead atoms. The van der Waals surface area contributed by atoms with E-state index in [2.05, 4.69) is 21.2 Å². The number of amides is 1. The van der Waals surface area contributed by atoms with Crippen LogP contribution in [-0.4, -0.2) is 19.1 Å². The van der Waals surface area contributed by atoms with Crippen molar-refractivity contribution in [2.24, 2.45) is 0 Å². The standard InChI is InChI=1S/C16H14BrNO3/c17-12-6-4-11(5-7-12)10-18-16(19)13-2-1-3-14-15(13)21-9-8-20-14/h1-7H,8-10H2,(H,18,19). The Labute approximate surface area is 131 Å². The van der Waals surface area contributed by atoms with Crippen molar-refractivity contribution in [2.75, 3.05) is 13.2 Å². The molecule has 108 valence electrons. The summed E-state index contributed by atoms with van der Waals surface area (Å²) < 4.78 is 12.0. The Morgan fingerprint density at radius 1 is 1.10 bits per heavy atom. The number of ether oxygens (including phenoxy) is 2. The molecule has 0 radical (unpaired) electrons. The summed E-state index contributed by atoms with van der Waals surface area (Å²) in [5.41, 5.74) is 1.54. The Morgan fingerprint density at radius 2 is 1.86 bits per heavy atom. The first-order valence-corrected chi connectivity index (χ1v) is 7.44. The second-order valence-electron chi connectivity index (χ2n) is 4.64. The van der Waals surface area contributed by atoms with Gasteiger partial charge in [-0.2, -0.15) is 0 Å². The maximum absolute atomic E-state index is 12.3. The predicted molar refractivity (Wildman–Crippen MR) is 82.7 cm³/mol. The van der Waals surface area contributed by atoms with Crippen LogP contribution in [0, 0.1) is 0 Å². The van der Waals surface area contributed by atoms with Gasteiger partial charge in [0.1, 0.15) is 13.2 Å². The van der Waals surface area contributed by atoms with Gasteiger partial charge in [-0.3, -0.25) is 4.79 Å². The Kier molecular flexibility index (Phi) is 4.10. The number of halogens is 1. The van der Waals surface area contributed by atoms with Crippen LogP contribution in [0.5, 0.6) is 11.5 Å². The van der Waals surface area contributed by atoms with E-state index in [1.54, 1.807) is 18.2 Å². The summed E-state index contributed by atoms with van der Waals surface area (Å²) >= 11 is 3.39. The van der Waals surface area contributed by atoms with Gasteiger partial charge in [-0.25, -0.2) is 0 Å². The number of hydrogen-bond donors (Lipinski definition) is 1. The third-order valence-corrected chi connectivity index (χ3v) is 3.71. The molecule has 5 heteroatoms. The summed E-state index contributed by atoms with van der Waals surface area (Å²) in [5.74, 6) is 0.981. The Balaban J connectivity index is 1.72. The van der Waals surface area contributed by atoms with Crippen LogP contribution < -0.4 is 14.8 Å². The lowest BCUT2D eigenvalue weighted by Crippen LogP contribution is -2.25. The number of carbonyl (C=O) groups excluding carboxylic acids is 1. The van der Waals surface area contributed by atoms with E-state index in [4.69, 9.17) is 9.47 Å². The van der Waals surface area contributed by atoms with E-state index in [1.165, 1.54) is 0 Å². The van der Waals surface area contributed by atoms with E-state index in [0.717, 1.165) is 10.0 Å². The average molecular weight is 348 g/mol. The second kappa shape index (κ2) is 6.18. The molecule has 2 aromatic carbocycles. The van der Waals surface area contributed by atoms with Crippen LogP contribution in [0.1, 0.15) is 15.9 Å². The Hall–Kier alpha value is -2.01. The lowest BCUT2D eigenvalue weighted by Gasteiger charge is -2.20. The van der Waals surface area contributed by atoms with Crippen molar-refractivity contribution in [2.45, 2.75) is 6.54 Å². The smallest absolute Gasteiger partial charge is 0.255 e. The first-order valence-electron chi connectivity index (χ1n) is 6.65. The second-order valence-corrected chi connectivity index (χ2v) is 5.55. The molecule has 0 spiro atoms. The SMILES string of the molecule is O=C(NCc1ccc(Br)cc1)c1cccc2c1OCCO2. The quantitative estimate of drug-likeness (QED) is 0.927. The van der Waals surface area contributed by atoms with Gasteiger partial charge in [0.2, 0.25) is 0 Å². The molecule has 2 aromatic rings. The van der Waals surface area contributed by atoms with E-state index < -0.39 is 0 Å². The van der Waals surface area contributed by atoms with Crippen molar-refractivity contribution in [3.63, 3.8) is 0 Å². The zero-order valence-electron chi connectivity index (χ0n) is 11.3. The van der Waals surface area contributed by atoms with Crippen LogP contribution in [0.3, 0.4) is 0 Å². The molecular weight excluding hydrogens is 334 g/mol. The third-order valence-electron chi connectivity index (χ3n) is 3.18. The van der Waals surface area contributed by atoms with Crippen molar-refractivity contribution in [3.8, 4) is 11.5 Å². The van der Waals surface area contributed by atoms with Crippen molar-refractivity contribution in [1.82, 2.24) is 5.32 Å². The molecule has 1 heterocycles. The number of carbonyl (C=O) groups is 1. The molecule has 0 atom stereocenters. The molecule has 1 aliphatic rings. The van der Waals surface area contributed by atoms with E-state index in [9.17, 15) is 4.79 Å². The minimum Gasteiger partial charge on any atom is -0.486 e. The molecule has 0 aliphatic carbocycles. The third kappa shape index (κ3) is 3.19. The topological polar surface area (TPSA) is 47.6 Å². The maximum Gasteiger partial charge on any atom is 0.255 e. The molecule has 3 rings (SSSR count). The monoisotopic (exact) mass is 347 g/mol. The normalized spacial score (nSPS) is 12.8. The number of nitrogens with one attached hydrogen (secondary N) is 1. The maximum atomic E-state index is 12.3. The first-order chi connectivity index (χ1) is 10.2. The number of hydrogen-bond acceptors (Lipinski definition) is 3. The largest absolute Gasteiger partial charge is 0.486 e. The molecular formula is C16H14BrNO3. The summed E-state index contributed by atoms with van der Waals surface area (Å²) in [4.78, 5) is 12.3. The van der Waals surface area contributed by atoms with Crippen LogP contribution in [0.2, 0.25) is 0 Å². The van der Waals surface area contributed by atoms with E-state index >= 15 is 0 Å². The van der Waals surface area contributed by atoms with Crippen LogP contribution in [-0.2, 0) is 6.54 Å². The lowest BCUT2D eigenvalue weighted by atomic mass is 10.1. The molecule has 21 heavy (non-hydrogen) atoms. The first kappa shape index (κ1) is 13.9. The van der Waals surface area contributed by atoms with E-state index in [-0.39, 0.29) is 5.91 Å². The predicted octanol–water partition coefficient (Wildman–Crippen LogP) is 3.15. The molecule has 0 saturated carbocycles. The summed E-state index contributed by atoms with van der Waals surface area (Å²) in [6, 6.07) is 13.2. The molecule has 0 saturated heterocycles. The Morgan fingerprint density at radius 3 is 2.67 bits per heavy atom. The molecule has 0 aromatic heterocycles. The summed E-state index contributed by atoms with van der Waals surface area (Å²) in [6.07, 6.45) is 0. The molecule has 1 amide bonds. The van der Waals surface area contributed by atoms with E-state index in [0.29, 0.717) is 36.8 Å². The number of rotatable bonds is 3. The zero-order valence-corrected chi connectivity index (χ0v) is 12.9. The van der Waals surface area contributed by atoms with Crippen molar-refractivity contribution < 1.29 is 14.3 Å². The molecule has 1 N–H and O–H groups in total. The summed E-state index contributed by atoms with van der Waals surface area (Å²) in [6.45, 7) is 1.44. The highest BCUT2D eigenvalue weighted by Crippen LogP contribution is 2.33. The average Bonchev–Trinajstić information content (AvgIpc) is 2.53. The van der Waals surface area contributed by atoms with Gasteiger partial charge in [-0.15, -0.1) is 0 Å². The van der Waals surface area contributed by atoms with Crippen molar-refractivity contribution in [3.05, 3.63) is 58.1 Å². The van der Waals surface area contributed by atoms with Crippen LogP contribution in [0.4, 0.5) is 0 Å². The molecule has 1 aliphatic heterocycles. The van der Waals surface area contributed by atoms with Gasteiger partial charge in [0.25, 0.3) is 5.91 Å². The highest BCUT2D eigenvalue weighted by Gasteiger charge is 2.19. The molecule has 0 unspecified atom stereocenters. The summed E-state index contributed by atoms with van der Waals surface area (Å²) in [5, 5.41) is 2.90. The van der Waals surface area contributed by atoms with Crippen LogP contribution >= 0.6 is 15.9 Å². The molecule has 0 fully saturated rings. The Bertz CT molecular complexity index is 655. The van der Waals surface area contributed by atoms with Gasteiger partial charge in [-0.05, 0) is 29.8 Å². The van der Waals surface area contributed by atoms with Gasteiger partial charge in [0, 0.05) is 11.0 Å². The van der Waals surface area contributed by atoms with Gasteiger partial charge in [0.15, 0.2) is 11.5 Å². The zero-order chi connectivity index (χ0) is 14.7. The van der Waals surface area contributed by atoms with Gasteiger partial charge in [0.05, 0.1) is 5.56 Å². The fourth-order valence-corrected chi connectivity index (χ4v) is 2.40. The van der Waals surface area contributed by atoms with Crippen LogP contribution in [0.15, 0.2) is 46.9 Å². The van der Waals surface area contributed by atoms with Crippen molar-refractivity contribution in [1.29, 1.82) is 0 Å². The van der Waals surface area contributed by atoms with Gasteiger partial charge >= 0.3 is 0 Å². The number of fused-ring (bicyclic) bond motifs is 1. The van der Waals surface area contributed by atoms with Crippen molar-refractivity contribution >= 4 is 21.8 Å². The minimum absolute atomic E-state index is 0.166. The minimum atomic E-state index is -0.166. The highest BCUT2D eigenvalue weighted by atomic mass is 79.9. The lowest BCUT2D eigenvalue weighted by molar-refractivity contribution is 0.0940. The van der Waals surface area contributed by atoms with Gasteiger partial charge < -0.3 is 14.8 Å². The fourth-order valence-electron chi connectivity index (χ4n) is 2.13. The fraction of sp³-hybridized carbons (Fsp3) is 0.188.